The maximum absolute atomic E-state index is 11.3. The molecule has 0 saturated heterocycles. The molecule has 0 bridgehead atoms. The van der Waals surface area contributed by atoms with E-state index < -0.39 is 4.92 Å². The molecule has 0 heterocycles. The van der Waals surface area contributed by atoms with Crippen LogP contribution in [0.2, 0.25) is 0 Å². The van der Waals surface area contributed by atoms with Gasteiger partial charge >= 0.3 is 0 Å². The molecule has 0 aliphatic rings. The van der Waals surface area contributed by atoms with E-state index in [0.29, 0.717) is 5.75 Å². The lowest BCUT2D eigenvalue weighted by Crippen LogP contribution is -2.20. The molecule has 2 aromatic carbocycles. The van der Waals surface area contributed by atoms with Crippen LogP contribution in [0.15, 0.2) is 35.2 Å². The number of hydrogen-bond donors (Lipinski definition) is 1. The summed E-state index contributed by atoms with van der Waals surface area (Å²) >= 11 is 1.45. The summed E-state index contributed by atoms with van der Waals surface area (Å²) < 4.78 is 6.29. The summed E-state index contributed by atoms with van der Waals surface area (Å²) in [5, 5.41) is 11.3. The summed E-state index contributed by atoms with van der Waals surface area (Å²) in [5.74, 6) is 1.18. The summed E-state index contributed by atoms with van der Waals surface area (Å²) in [6.07, 6.45) is 3.87. The first-order valence-corrected chi connectivity index (χ1v) is 11.1. The predicted octanol–water partition coefficient (Wildman–Crippen LogP) is 7.07. The molecule has 0 radical (unpaired) electrons. The fraction of sp³-hybridized carbons (Fsp3) is 0.478. The van der Waals surface area contributed by atoms with Crippen LogP contribution in [0.1, 0.15) is 65.5 Å². The fourth-order valence-corrected chi connectivity index (χ4v) is 3.59. The van der Waals surface area contributed by atoms with Crippen molar-refractivity contribution in [1.29, 1.82) is 0 Å². The lowest BCUT2D eigenvalue weighted by atomic mass is 9.76. The van der Waals surface area contributed by atoms with Gasteiger partial charge < -0.3 is 10.5 Å². The zero-order valence-electron chi connectivity index (χ0n) is 18.5. The molecule has 0 fully saturated rings. The Labute approximate surface area is 178 Å². The van der Waals surface area contributed by atoms with Gasteiger partial charge in [0.2, 0.25) is 0 Å². The van der Waals surface area contributed by atoms with E-state index in [1.807, 2.05) is 12.3 Å². The van der Waals surface area contributed by atoms with Crippen LogP contribution in [0, 0.1) is 10.1 Å². The first kappa shape index (κ1) is 23.1. The molecule has 2 N–H and O–H groups in total. The van der Waals surface area contributed by atoms with E-state index in [1.54, 1.807) is 6.07 Å². The van der Waals surface area contributed by atoms with E-state index in [-0.39, 0.29) is 22.2 Å². The molecular weight excluding hydrogens is 384 g/mol. The Kier molecular flexibility index (Phi) is 6.89. The number of rotatable bonds is 8. The number of nitrogens with two attached hydrogens (primary N) is 1. The third-order valence-electron chi connectivity index (χ3n) is 5.99. The Bertz CT molecular complexity index is 907. The van der Waals surface area contributed by atoms with E-state index in [4.69, 9.17) is 10.5 Å². The highest BCUT2D eigenvalue weighted by Crippen LogP contribution is 2.43. The van der Waals surface area contributed by atoms with Gasteiger partial charge in [0.25, 0.3) is 5.69 Å². The predicted molar refractivity (Wildman–Crippen MR) is 122 cm³/mol. The normalized spacial score (nSPS) is 12.1. The van der Waals surface area contributed by atoms with Crippen molar-refractivity contribution in [3.05, 3.63) is 51.6 Å². The van der Waals surface area contributed by atoms with Gasteiger partial charge in [0.1, 0.15) is 17.2 Å². The van der Waals surface area contributed by atoms with Crippen LogP contribution >= 0.6 is 11.8 Å². The van der Waals surface area contributed by atoms with Gasteiger partial charge in [-0.3, -0.25) is 10.1 Å². The van der Waals surface area contributed by atoms with E-state index in [2.05, 4.69) is 53.7 Å². The van der Waals surface area contributed by atoms with Gasteiger partial charge in [-0.2, -0.15) is 0 Å². The molecular formula is C23H32N2O3S. The van der Waals surface area contributed by atoms with Crippen molar-refractivity contribution < 1.29 is 9.66 Å². The molecule has 0 spiro atoms. The number of thioether (sulfide) groups is 1. The Morgan fingerprint density at radius 1 is 1.03 bits per heavy atom. The highest BCUT2D eigenvalue weighted by molar-refractivity contribution is 7.98. The Morgan fingerprint density at radius 3 is 2.17 bits per heavy atom. The lowest BCUT2D eigenvalue weighted by molar-refractivity contribution is -0.384. The molecule has 0 aliphatic carbocycles. The minimum atomic E-state index is -0.476. The number of anilines is 1. The number of nitrogen functional groups attached to an aromatic ring is 1. The molecule has 0 aromatic heterocycles. The standard InChI is InChI=1S/C23H32N2O3S/c1-8-22(3,4)15-10-11-19(16(12-15)23(5,6)9-2)28-20-14-18(25(26)27)17(24)13-21(20)29-7/h10-14H,8-9,24H2,1-7H3. The number of benzene rings is 2. The average Bonchev–Trinajstić information content (AvgIpc) is 2.68. The van der Waals surface area contributed by atoms with Crippen molar-refractivity contribution in [3.63, 3.8) is 0 Å². The molecule has 6 heteroatoms. The second kappa shape index (κ2) is 8.66. The third kappa shape index (κ3) is 4.86. The van der Waals surface area contributed by atoms with Crippen LogP contribution in [-0.4, -0.2) is 11.2 Å². The first-order valence-electron chi connectivity index (χ1n) is 9.91. The number of hydrogen-bond acceptors (Lipinski definition) is 5. The van der Waals surface area contributed by atoms with Crippen LogP contribution < -0.4 is 10.5 Å². The summed E-state index contributed by atoms with van der Waals surface area (Å²) in [7, 11) is 0. The largest absolute Gasteiger partial charge is 0.456 e. The van der Waals surface area contributed by atoms with E-state index >= 15 is 0 Å². The molecule has 158 valence electrons. The second-order valence-corrected chi connectivity index (χ2v) is 9.45. The fourth-order valence-electron chi connectivity index (χ4n) is 3.04. The molecule has 0 amide bonds. The first-order chi connectivity index (χ1) is 13.5. The quantitative estimate of drug-likeness (QED) is 0.215. The second-order valence-electron chi connectivity index (χ2n) is 8.61. The highest BCUT2D eigenvalue weighted by Gasteiger charge is 2.27. The maximum atomic E-state index is 11.3. The molecule has 29 heavy (non-hydrogen) atoms. The minimum Gasteiger partial charge on any atom is -0.456 e. The van der Waals surface area contributed by atoms with Crippen LogP contribution in [0.5, 0.6) is 11.5 Å². The summed E-state index contributed by atoms with van der Waals surface area (Å²) in [6, 6.07) is 9.35. The zero-order valence-corrected chi connectivity index (χ0v) is 19.3. The van der Waals surface area contributed by atoms with Crippen molar-refractivity contribution >= 4 is 23.1 Å². The van der Waals surface area contributed by atoms with Gasteiger partial charge in [0.05, 0.1) is 15.9 Å². The van der Waals surface area contributed by atoms with Crippen LogP contribution in [0.4, 0.5) is 11.4 Å². The molecule has 5 nitrogen and oxygen atoms in total. The lowest BCUT2D eigenvalue weighted by Gasteiger charge is -2.30. The topological polar surface area (TPSA) is 78.4 Å². The molecule has 0 unspecified atom stereocenters. The van der Waals surface area contributed by atoms with Crippen molar-refractivity contribution in [2.45, 2.75) is 70.1 Å². The molecule has 2 aromatic rings. The van der Waals surface area contributed by atoms with Crippen molar-refractivity contribution in [2.24, 2.45) is 0 Å². The summed E-state index contributed by atoms with van der Waals surface area (Å²) in [6.45, 7) is 13.2. The molecule has 2 rings (SSSR count). The van der Waals surface area contributed by atoms with Crippen molar-refractivity contribution in [3.8, 4) is 11.5 Å². The number of nitro groups is 1. The average molecular weight is 417 g/mol. The van der Waals surface area contributed by atoms with Gasteiger partial charge in [-0.15, -0.1) is 11.8 Å². The van der Waals surface area contributed by atoms with Crippen LogP contribution in [0.3, 0.4) is 0 Å². The zero-order chi connectivity index (χ0) is 22.0. The van der Waals surface area contributed by atoms with Gasteiger partial charge in [-0.25, -0.2) is 0 Å². The van der Waals surface area contributed by atoms with Crippen molar-refractivity contribution in [1.82, 2.24) is 0 Å². The van der Waals surface area contributed by atoms with Crippen LogP contribution in [0.25, 0.3) is 0 Å². The van der Waals surface area contributed by atoms with Gasteiger partial charge in [0.15, 0.2) is 0 Å². The summed E-state index contributed by atoms with van der Waals surface area (Å²) in [4.78, 5) is 11.6. The third-order valence-corrected chi connectivity index (χ3v) is 6.75. The summed E-state index contributed by atoms with van der Waals surface area (Å²) in [5.41, 5.74) is 8.17. The minimum absolute atomic E-state index is 0.0571. The van der Waals surface area contributed by atoms with Gasteiger partial charge in [-0.05, 0) is 47.6 Å². The van der Waals surface area contributed by atoms with Crippen LogP contribution in [-0.2, 0) is 10.8 Å². The molecule has 0 saturated carbocycles. The van der Waals surface area contributed by atoms with Gasteiger partial charge in [-0.1, -0.05) is 53.7 Å². The Hall–Kier alpha value is -2.21. The highest BCUT2D eigenvalue weighted by atomic mass is 32.2. The molecule has 0 aliphatic heterocycles. The smallest absolute Gasteiger partial charge is 0.295 e. The van der Waals surface area contributed by atoms with E-state index in [0.717, 1.165) is 29.1 Å². The monoisotopic (exact) mass is 416 g/mol. The van der Waals surface area contributed by atoms with E-state index in [1.165, 1.54) is 23.4 Å². The van der Waals surface area contributed by atoms with Gasteiger partial charge in [0, 0.05) is 5.56 Å². The van der Waals surface area contributed by atoms with Crippen molar-refractivity contribution in [2.75, 3.05) is 12.0 Å². The number of nitro benzene ring substituents is 1. The maximum Gasteiger partial charge on any atom is 0.295 e. The Balaban J connectivity index is 2.64. The Morgan fingerprint density at radius 2 is 1.66 bits per heavy atom. The van der Waals surface area contributed by atoms with E-state index in [9.17, 15) is 10.1 Å². The number of nitrogens with zero attached hydrogens (tertiary/aromatic N) is 1. The number of ether oxygens (including phenoxy) is 1. The molecule has 0 atom stereocenters. The SMILES string of the molecule is CCC(C)(C)c1ccc(Oc2cc([N+](=O)[O-])c(N)cc2SC)c(C(C)(C)CC)c1.